The molecule has 14 heteroatoms. The molecule has 222 valence electrons. The third-order valence-electron chi connectivity index (χ3n) is 7.41. The molecule has 1 N–H and O–H groups in total. The summed E-state index contributed by atoms with van der Waals surface area (Å²) in [5.74, 6) is -0.474. The van der Waals surface area contributed by atoms with E-state index in [4.69, 9.17) is 0 Å². The molecular formula is C28H29BrF3N7O3. The lowest BCUT2D eigenvalue weighted by molar-refractivity contribution is -0.138. The fourth-order valence-corrected chi connectivity index (χ4v) is 5.87. The molecule has 0 saturated carbocycles. The molecule has 10 nitrogen and oxygen atoms in total. The first-order valence-electron chi connectivity index (χ1n) is 13.3. The summed E-state index contributed by atoms with van der Waals surface area (Å²) in [6.07, 6.45) is -2.23. The lowest BCUT2D eigenvalue weighted by atomic mass is 9.97. The number of amides is 2. The van der Waals surface area contributed by atoms with Gasteiger partial charge >= 0.3 is 6.18 Å². The highest BCUT2D eigenvalue weighted by Crippen LogP contribution is 2.36. The molecule has 1 aliphatic rings. The normalized spacial score (nSPS) is 15.4. The fraction of sp³-hybridized carbons (Fsp3) is 0.393. The molecule has 1 aliphatic heterocycles. The molecule has 2 amide bonds. The zero-order chi connectivity index (χ0) is 30.7. The molecule has 0 radical (unpaired) electrons. The average molecular weight is 648 g/mol. The monoisotopic (exact) mass is 647 g/mol. The van der Waals surface area contributed by atoms with Crippen LogP contribution in [0.1, 0.15) is 64.0 Å². The summed E-state index contributed by atoms with van der Waals surface area (Å²) in [7, 11) is 3.11. The zero-order valence-electron chi connectivity index (χ0n) is 23.6. The summed E-state index contributed by atoms with van der Waals surface area (Å²) in [6.45, 7) is 5.78. The molecule has 1 unspecified atom stereocenters. The topological polar surface area (TPSA) is 107 Å². The third kappa shape index (κ3) is 5.01. The van der Waals surface area contributed by atoms with Gasteiger partial charge in [-0.25, -0.2) is 9.08 Å². The van der Waals surface area contributed by atoms with Gasteiger partial charge in [-0.2, -0.15) is 23.4 Å². The number of alkyl halides is 3. The van der Waals surface area contributed by atoms with Crippen molar-refractivity contribution in [2.45, 2.75) is 52.4 Å². The highest BCUT2D eigenvalue weighted by Gasteiger charge is 2.36. The van der Waals surface area contributed by atoms with Crippen LogP contribution >= 0.6 is 15.9 Å². The predicted molar refractivity (Wildman–Crippen MR) is 152 cm³/mol. The Labute approximate surface area is 247 Å². The number of aryl methyl sites for hydroxylation is 1. The second-order valence-corrected chi connectivity index (χ2v) is 11.7. The summed E-state index contributed by atoms with van der Waals surface area (Å²) in [5.41, 5.74) is 0.975. The zero-order valence-corrected chi connectivity index (χ0v) is 25.2. The Morgan fingerprint density at radius 1 is 1.21 bits per heavy atom. The molecule has 42 heavy (non-hydrogen) atoms. The van der Waals surface area contributed by atoms with Gasteiger partial charge in [0.1, 0.15) is 11.3 Å². The second kappa shape index (κ2) is 10.7. The van der Waals surface area contributed by atoms with Crippen molar-refractivity contribution in [1.29, 1.82) is 0 Å². The van der Waals surface area contributed by atoms with Crippen molar-refractivity contribution in [2.75, 3.05) is 7.05 Å². The molecule has 1 aromatic carbocycles. The average Bonchev–Trinajstić information content (AvgIpc) is 3.50. The van der Waals surface area contributed by atoms with E-state index >= 15 is 0 Å². The van der Waals surface area contributed by atoms with E-state index in [0.29, 0.717) is 23.3 Å². The first-order valence-corrected chi connectivity index (χ1v) is 14.1. The van der Waals surface area contributed by atoms with Crippen LogP contribution in [0, 0.1) is 5.92 Å². The molecule has 1 atom stereocenters. The van der Waals surface area contributed by atoms with Crippen molar-refractivity contribution in [3.05, 3.63) is 78.9 Å². The summed E-state index contributed by atoms with van der Waals surface area (Å²) in [5, 5.41) is 11.6. The number of carbonyl (C=O) groups excluding carboxylic acids is 2. The van der Waals surface area contributed by atoms with Crippen LogP contribution in [0.2, 0.25) is 0 Å². The maximum absolute atomic E-state index is 14.1. The van der Waals surface area contributed by atoms with Crippen LogP contribution in [-0.2, 0) is 32.6 Å². The van der Waals surface area contributed by atoms with Crippen LogP contribution in [-0.4, -0.2) is 53.8 Å². The number of rotatable bonds is 5. The number of fused-ring (bicyclic) bond motifs is 3. The summed E-state index contributed by atoms with van der Waals surface area (Å²) >= 11 is 2.92. The van der Waals surface area contributed by atoms with Crippen LogP contribution in [0.15, 0.2) is 39.7 Å². The van der Waals surface area contributed by atoms with Crippen molar-refractivity contribution < 1.29 is 22.8 Å². The smallest absolute Gasteiger partial charge is 0.354 e. The van der Waals surface area contributed by atoms with E-state index in [1.54, 1.807) is 24.7 Å². The maximum Gasteiger partial charge on any atom is 0.417 e. The molecule has 4 aromatic rings. The Hall–Kier alpha value is -3.94. The number of hydrogen-bond acceptors (Lipinski definition) is 5. The largest absolute Gasteiger partial charge is 0.417 e. The van der Waals surface area contributed by atoms with Crippen molar-refractivity contribution in [3.63, 3.8) is 0 Å². The number of nitrogens with zero attached hydrogens (tertiary/aromatic N) is 6. The second-order valence-electron chi connectivity index (χ2n) is 10.8. The van der Waals surface area contributed by atoms with Gasteiger partial charge in [0, 0.05) is 47.4 Å². The van der Waals surface area contributed by atoms with Gasteiger partial charge in [0.05, 0.1) is 24.0 Å². The van der Waals surface area contributed by atoms with E-state index in [1.165, 1.54) is 39.4 Å². The molecule has 0 spiro atoms. The van der Waals surface area contributed by atoms with Crippen LogP contribution in [0.3, 0.4) is 0 Å². The predicted octanol–water partition coefficient (Wildman–Crippen LogP) is 4.15. The summed E-state index contributed by atoms with van der Waals surface area (Å²) in [4.78, 5) is 41.6. The van der Waals surface area contributed by atoms with Crippen LogP contribution in [0.4, 0.5) is 13.2 Å². The molecule has 0 aliphatic carbocycles. The Balaban J connectivity index is 1.67. The lowest BCUT2D eigenvalue weighted by Crippen LogP contribution is -2.46. The van der Waals surface area contributed by atoms with Crippen LogP contribution < -0.4 is 10.9 Å². The number of hydrogen-bond donors (Lipinski definition) is 1. The van der Waals surface area contributed by atoms with E-state index in [2.05, 4.69) is 31.4 Å². The van der Waals surface area contributed by atoms with Crippen molar-refractivity contribution in [1.82, 2.24) is 34.2 Å². The van der Waals surface area contributed by atoms with Gasteiger partial charge in [-0.1, -0.05) is 29.8 Å². The minimum absolute atomic E-state index is 0.0339. The van der Waals surface area contributed by atoms with E-state index in [0.717, 1.165) is 11.6 Å². The Morgan fingerprint density at radius 3 is 2.57 bits per heavy atom. The van der Waals surface area contributed by atoms with E-state index in [9.17, 15) is 27.6 Å². The first-order chi connectivity index (χ1) is 19.7. The SMILES string of the molecule is CNC(=O)c1cc(-n2c(=O)c3c(n4ncc(CC(C)C)c24)CN(C(=O)c2ccc(Br)c(C(F)(F)F)c2)C(C)C3)nn1C. The number of nitrogens with one attached hydrogen (secondary N) is 1. The van der Waals surface area contributed by atoms with Gasteiger partial charge in [-0.3, -0.25) is 19.1 Å². The first kappa shape index (κ1) is 29.5. The molecular weight excluding hydrogens is 619 g/mol. The minimum Gasteiger partial charge on any atom is -0.354 e. The van der Waals surface area contributed by atoms with Crippen LogP contribution in [0.25, 0.3) is 11.5 Å². The van der Waals surface area contributed by atoms with Gasteiger partial charge in [0.2, 0.25) is 0 Å². The quantitative estimate of drug-likeness (QED) is 0.350. The van der Waals surface area contributed by atoms with Gasteiger partial charge < -0.3 is 10.2 Å². The summed E-state index contributed by atoms with van der Waals surface area (Å²) < 4.78 is 45.0. The van der Waals surface area contributed by atoms with Gasteiger partial charge in [-0.05, 0) is 43.9 Å². The van der Waals surface area contributed by atoms with E-state index in [1.807, 2.05) is 13.8 Å². The molecule has 3 aromatic heterocycles. The van der Waals surface area contributed by atoms with E-state index in [-0.39, 0.29) is 51.9 Å². The number of benzene rings is 1. The number of carbonyl (C=O) groups is 2. The molecule has 0 fully saturated rings. The fourth-order valence-electron chi connectivity index (χ4n) is 5.40. The number of aromatic nitrogens is 5. The Bertz CT molecular complexity index is 1790. The molecule has 4 heterocycles. The standard InChI is InChI=1S/C28H29BrF3N7O3/c1-14(2)8-17-12-34-39-22-13-37(26(41)16-6-7-20(29)19(10-16)28(30,31)32)15(3)9-18(22)27(42)38(25(17)39)23-11-21(24(40)33-4)36(5)35-23/h6-7,10-12,14-15H,8-9,13H2,1-5H3,(H,33,40). The summed E-state index contributed by atoms with van der Waals surface area (Å²) in [6, 6.07) is 4.42. The molecule has 5 rings (SSSR count). The van der Waals surface area contributed by atoms with Gasteiger partial charge in [0.15, 0.2) is 5.82 Å². The van der Waals surface area contributed by atoms with Crippen LogP contribution in [0.5, 0.6) is 0 Å². The highest BCUT2D eigenvalue weighted by atomic mass is 79.9. The van der Waals surface area contributed by atoms with Gasteiger partial charge in [-0.15, -0.1) is 0 Å². The van der Waals surface area contributed by atoms with E-state index < -0.39 is 23.7 Å². The molecule has 0 saturated heterocycles. The third-order valence-corrected chi connectivity index (χ3v) is 8.10. The Kier molecular flexibility index (Phi) is 7.54. The van der Waals surface area contributed by atoms with Crippen molar-refractivity contribution >= 4 is 33.4 Å². The van der Waals surface area contributed by atoms with Crippen molar-refractivity contribution in [2.24, 2.45) is 13.0 Å². The molecule has 0 bridgehead atoms. The lowest BCUT2D eigenvalue weighted by Gasteiger charge is -2.35. The highest BCUT2D eigenvalue weighted by molar-refractivity contribution is 9.10. The Morgan fingerprint density at radius 2 is 1.93 bits per heavy atom. The minimum atomic E-state index is -4.64. The van der Waals surface area contributed by atoms with Crippen molar-refractivity contribution in [3.8, 4) is 5.82 Å². The number of halogens is 4. The maximum atomic E-state index is 14.1. The van der Waals surface area contributed by atoms with Gasteiger partial charge in [0.25, 0.3) is 17.4 Å².